The van der Waals surface area contributed by atoms with Crippen LogP contribution in [-0.2, 0) is 9.53 Å². The maximum atomic E-state index is 12.2. The van der Waals surface area contributed by atoms with Gasteiger partial charge in [0, 0.05) is 19.6 Å². The summed E-state index contributed by atoms with van der Waals surface area (Å²) in [5.41, 5.74) is 0. The fraction of sp³-hybridized carbons (Fsp3) is 0.818. The van der Waals surface area contributed by atoms with Gasteiger partial charge in [-0.25, -0.2) is 9.59 Å². The van der Waals surface area contributed by atoms with E-state index in [9.17, 15) is 9.59 Å². The first-order chi connectivity index (χ1) is 8.20. The number of carboxylic acid groups (broad SMARTS) is 1. The van der Waals surface area contributed by atoms with E-state index in [4.69, 9.17) is 9.84 Å². The van der Waals surface area contributed by atoms with Gasteiger partial charge in [0.05, 0.1) is 13.2 Å². The number of likely N-dealkylation sites (tertiary alicyclic amines) is 1. The van der Waals surface area contributed by atoms with Crippen molar-refractivity contribution >= 4 is 12.0 Å². The Morgan fingerprint density at radius 1 is 1.12 bits per heavy atom. The van der Waals surface area contributed by atoms with Crippen LogP contribution in [0.25, 0.3) is 0 Å². The molecule has 0 spiro atoms. The normalized spacial score (nSPS) is 25.8. The van der Waals surface area contributed by atoms with Gasteiger partial charge in [-0.3, -0.25) is 0 Å². The Labute approximate surface area is 100 Å². The van der Waals surface area contributed by atoms with Gasteiger partial charge in [-0.15, -0.1) is 0 Å². The molecule has 2 rings (SSSR count). The van der Waals surface area contributed by atoms with E-state index >= 15 is 0 Å². The van der Waals surface area contributed by atoms with Crippen molar-refractivity contribution in [3.63, 3.8) is 0 Å². The van der Waals surface area contributed by atoms with Gasteiger partial charge in [0.1, 0.15) is 6.04 Å². The van der Waals surface area contributed by atoms with E-state index in [1.165, 1.54) is 4.90 Å². The molecule has 1 N–H and O–H groups in total. The fourth-order valence-electron chi connectivity index (χ4n) is 2.35. The highest BCUT2D eigenvalue weighted by Crippen LogP contribution is 2.19. The summed E-state index contributed by atoms with van der Waals surface area (Å²) in [7, 11) is 0. The second kappa shape index (κ2) is 5.35. The van der Waals surface area contributed by atoms with Crippen molar-refractivity contribution in [2.24, 2.45) is 0 Å². The molecule has 0 aromatic rings. The number of hydrogen-bond acceptors (Lipinski definition) is 3. The minimum absolute atomic E-state index is 0.152. The number of hydrogen-bond donors (Lipinski definition) is 1. The van der Waals surface area contributed by atoms with Gasteiger partial charge in [0.2, 0.25) is 0 Å². The molecule has 0 aromatic heterocycles. The van der Waals surface area contributed by atoms with Gasteiger partial charge >= 0.3 is 12.0 Å². The largest absolute Gasteiger partial charge is 0.480 e. The van der Waals surface area contributed by atoms with Crippen molar-refractivity contribution in [1.82, 2.24) is 9.80 Å². The number of nitrogens with zero attached hydrogens (tertiary/aromatic N) is 2. The zero-order valence-corrected chi connectivity index (χ0v) is 9.80. The van der Waals surface area contributed by atoms with E-state index in [0.717, 1.165) is 12.8 Å². The predicted octanol–water partition coefficient (Wildman–Crippen LogP) is 0.378. The van der Waals surface area contributed by atoms with Gasteiger partial charge < -0.3 is 19.6 Å². The molecule has 2 fully saturated rings. The summed E-state index contributed by atoms with van der Waals surface area (Å²) in [5, 5.41) is 9.12. The van der Waals surface area contributed by atoms with Crippen LogP contribution in [0.2, 0.25) is 0 Å². The summed E-state index contributed by atoms with van der Waals surface area (Å²) in [6.45, 7) is 2.74. The van der Waals surface area contributed by atoms with Crippen LogP contribution in [0.1, 0.15) is 19.3 Å². The molecule has 0 aliphatic carbocycles. The Kier molecular flexibility index (Phi) is 3.83. The third-order valence-electron chi connectivity index (χ3n) is 3.32. The Morgan fingerprint density at radius 3 is 2.47 bits per heavy atom. The Hall–Kier alpha value is -1.30. The topological polar surface area (TPSA) is 70.1 Å². The van der Waals surface area contributed by atoms with Crippen LogP contribution in [-0.4, -0.2) is 65.8 Å². The molecule has 0 aromatic carbocycles. The molecular formula is C11H18N2O4. The number of rotatable bonds is 1. The van der Waals surface area contributed by atoms with Crippen LogP contribution in [0.15, 0.2) is 0 Å². The Balaban J connectivity index is 2.02. The molecule has 0 unspecified atom stereocenters. The lowest BCUT2D eigenvalue weighted by molar-refractivity contribution is -0.143. The number of urea groups is 1. The quantitative estimate of drug-likeness (QED) is 0.721. The second-order valence-electron chi connectivity index (χ2n) is 4.43. The number of carboxylic acids is 1. The van der Waals surface area contributed by atoms with Crippen LogP contribution in [0.3, 0.4) is 0 Å². The summed E-state index contributed by atoms with van der Waals surface area (Å²) in [5.74, 6) is -0.897. The second-order valence-corrected chi connectivity index (χ2v) is 4.43. The Morgan fingerprint density at radius 2 is 1.82 bits per heavy atom. The summed E-state index contributed by atoms with van der Waals surface area (Å²) in [4.78, 5) is 26.5. The number of morpholine rings is 1. The number of aliphatic carboxylic acids is 1. The molecule has 6 heteroatoms. The minimum Gasteiger partial charge on any atom is -0.480 e. The fourth-order valence-corrected chi connectivity index (χ4v) is 2.35. The van der Waals surface area contributed by atoms with Crippen LogP contribution >= 0.6 is 0 Å². The number of carbonyl (C=O) groups excluding carboxylic acids is 1. The highest BCUT2D eigenvalue weighted by Gasteiger charge is 2.34. The van der Waals surface area contributed by atoms with Gasteiger partial charge in [-0.2, -0.15) is 0 Å². The van der Waals surface area contributed by atoms with E-state index in [1.54, 1.807) is 4.90 Å². The predicted molar refractivity (Wildman–Crippen MR) is 59.8 cm³/mol. The third-order valence-corrected chi connectivity index (χ3v) is 3.32. The van der Waals surface area contributed by atoms with Crippen LogP contribution in [0, 0.1) is 0 Å². The highest BCUT2D eigenvalue weighted by molar-refractivity contribution is 5.83. The molecule has 6 nitrogen and oxygen atoms in total. The van der Waals surface area contributed by atoms with Crippen LogP contribution < -0.4 is 0 Å². The van der Waals surface area contributed by atoms with E-state index in [-0.39, 0.29) is 6.03 Å². The van der Waals surface area contributed by atoms with Gasteiger partial charge in [-0.05, 0) is 19.3 Å². The summed E-state index contributed by atoms with van der Waals surface area (Å²) < 4.78 is 5.18. The summed E-state index contributed by atoms with van der Waals surface area (Å²) in [6.07, 6.45) is 2.33. The summed E-state index contributed by atoms with van der Waals surface area (Å²) in [6, 6.07) is -0.806. The molecule has 2 aliphatic heterocycles. The first-order valence-electron chi connectivity index (χ1n) is 6.06. The molecule has 1 atom stereocenters. The Bertz CT molecular complexity index is 302. The molecular weight excluding hydrogens is 224 g/mol. The number of carbonyl (C=O) groups is 2. The molecule has 17 heavy (non-hydrogen) atoms. The number of ether oxygens (including phenoxy) is 1. The number of piperidine rings is 1. The van der Waals surface area contributed by atoms with Crippen molar-refractivity contribution in [3.05, 3.63) is 0 Å². The smallest absolute Gasteiger partial charge is 0.326 e. The molecule has 2 saturated heterocycles. The van der Waals surface area contributed by atoms with Crippen molar-refractivity contribution in [2.75, 3.05) is 32.8 Å². The van der Waals surface area contributed by atoms with Gasteiger partial charge in [0.25, 0.3) is 0 Å². The average Bonchev–Trinajstić information content (AvgIpc) is 2.39. The van der Waals surface area contributed by atoms with Crippen LogP contribution in [0.5, 0.6) is 0 Å². The molecule has 2 aliphatic rings. The lowest BCUT2D eigenvalue weighted by Crippen LogP contribution is -2.55. The van der Waals surface area contributed by atoms with Crippen molar-refractivity contribution in [2.45, 2.75) is 25.3 Å². The van der Waals surface area contributed by atoms with Crippen molar-refractivity contribution < 1.29 is 19.4 Å². The van der Waals surface area contributed by atoms with Gasteiger partial charge in [-0.1, -0.05) is 0 Å². The average molecular weight is 242 g/mol. The lowest BCUT2D eigenvalue weighted by atomic mass is 10.0. The van der Waals surface area contributed by atoms with E-state index in [1.807, 2.05) is 0 Å². The zero-order valence-electron chi connectivity index (χ0n) is 9.80. The van der Waals surface area contributed by atoms with Crippen molar-refractivity contribution in [3.8, 4) is 0 Å². The molecule has 0 saturated carbocycles. The van der Waals surface area contributed by atoms with Crippen LogP contribution in [0.4, 0.5) is 4.79 Å². The monoisotopic (exact) mass is 242 g/mol. The van der Waals surface area contributed by atoms with E-state index < -0.39 is 12.0 Å². The first-order valence-corrected chi connectivity index (χ1v) is 6.06. The van der Waals surface area contributed by atoms with E-state index in [0.29, 0.717) is 39.3 Å². The summed E-state index contributed by atoms with van der Waals surface area (Å²) >= 11 is 0. The molecule has 96 valence electrons. The molecule has 2 heterocycles. The highest BCUT2D eigenvalue weighted by atomic mass is 16.5. The zero-order chi connectivity index (χ0) is 12.3. The lowest BCUT2D eigenvalue weighted by Gasteiger charge is -2.38. The standard InChI is InChI=1S/C11H18N2O4/c14-10(15)9-3-1-2-4-13(9)11(16)12-5-7-17-8-6-12/h9H,1-8H2,(H,14,15)/t9-/m1/s1. The molecule has 2 amide bonds. The maximum Gasteiger partial charge on any atom is 0.326 e. The minimum atomic E-state index is -0.897. The van der Waals surface area contributed by atoms with Gasteiger partial charge in [0.15, 0.2) is 0 Å². The maximum absolute atomic E-state index is 12.2. The SMILES string of the molecule is O=C(O)[C@H]1CCCCN1C(=O)N1CCOCC1. The van der Waals surface area contributed by atoms with E-state index in [2.05, 4.69) is 0 Å². The third kappa shape index (κ3) is 2.69. The first kappa shape index (κ1) is 12.2. The van der Waals surface area contributed by atoms with Crippen molar-refractivity contribution in [1.29, 1.82) is 0 Å². The molecule has 0 radical (unpaired) electrons. The number of amides is 2. The molecule has 0 bridgehead atoms.